The van der Waals surface area contributed by atoms with Gasteiger partial charge in [-0.1, -0.05) is 11.8 Å². The molecular formula is C13H14N4O4S. The Labute approximate surface area is 129 Å². The third-order valence-corrected chi connectivity index (χ3v) is 3.68. The van der Waals surface area contributed by atoms with Crippen LogP contribution in [0.25, 0.3) is 0 Å². The second-order valence-electron chi connectivity index (χ2n) is 4.33. The van der Waals surface area contributed by atoms with Crippen molar-refractivity contribution in [1.29, 1.82) is 0 Å². The molecule has 0 atom stereocenters. The Hall–Kier alpha value is -2.55. The minimum absolute atomic E-state index is 0.00636. The van der Waals surface area contributed by atoms with Crippen LogP contribution >= 0.6 is 11.8 Å². The van der Waals surface area contributed by atoms with E-state index in [-0.39, 0.29) is 16.7 Å². The monoisotopic (exact) mass is 322 g/mol. The average molecular weight is 322 g/mol. The highest BCUT2D eigenvalue weighted by Gasteiger charge is 2.09. The van der Waals surface area contributed by atoms with Gasteiger partial charge in [-0.05, 0) is 30.7 Å². The number of nitrogens with one attached hydrogen (secondary N) is 3. The first-order chi connectivity index (χ1) is 10.5. The molecule has 116 valence electrons. The molecule has 0 radical (unpaired) electrons. The number of thioether (sulfide) groups is 1. The third-order valence-electron chi connectivity index (χ3n) is 2.73. The van der Waals surface area contributed by atoms with Crippen LogP contribution in [-0.4, -0.2) is 34.0 Å². The molecule has 9 heteroatoms. The van der Waals surface area contributed by atoms with Gasteiger partial charge < -0.3 is 10.1 Å². The molecule has 3 N–H and O–H groups in total. The summed E-state index contributed by atoms with van der Waals surface area (Å²) < 4.78 is 5.09. The Bertz CT molecular complexity index is 799. The number of nitrogens with zero attached hydrogens (tertiary/aromatic N) is 1. The van der Waals surface area contributed by atoms with Crippen LogP contribution < -0.4 is 21.3 Å². The number of H-pyrrole nitrogens is 2. The number of aryl methyl sites for hydroxylation is 1. The van der Waals surface area contributed by atoms with Gasteiger partial charge in [0.05, 0.1) is 12.9 Å². The predicted octanol–water partition coefficient (Wildman–Crippen LogP) is 0.506. The molecule has 0 bridgehead atoms. The Morgan fingerprint density at radius 1 is 1.41 bits per heavy atom. The van der Waals surface area contributed by atoms with E-state index >= 15 is 0 Å². The fourth-order valence-corrected chi connectivity index (χ4v) is 2.29. The lowest BCUT2D eigenvalue weighted by atomic mass is 10.2. The summed E-state index contributed by atoms with van der Waals surface area (Å²) in [6.07, 6.45) is 0. The summed E-state index contributed by atoms with van der Waals surface area (Å²) in [4.78, 5) is 36.2. The molecule has 22 heavy (non-hydrogen) atoms. The lowest BCUT2D eigenvalue weighted by molar-refractivity contribution is -0.113. The number of carbonyl (C=O) groups excluding carboxylic acids is 1. The Balaban J connectivity index is 1.98. The molecule has 2 aromatic rings. The average Bonchev–Trinajstić information content (AvgIpc) is 2.48. The van der Waals surface area contributed by atoms with Crippen LogP contribution in [0.2, 0.25) is 0 Å². The van der Waals surface area contributed by atoms with Crippen molar-refractivity contribution < 1.29 is 9.53 Å². The lowest BCUT2D eigenvalue weighted by Crippen LogP contribution is -2.25. The molecule has 1 aromatic carbocycles. The van der Waals surface area contributed by atoms with E-state index in [1.807, 2.05) is 11.9 Å². The molecule has 0 aliphatic carbocycles. The highest BCUT2D eigenvalue weighted by atomic mass is 32.2. The normalized spacial score (nSPS) is 10.3. The number of aromatic nitrogens is 3. The van der Waals surface area contributed by atoms with Crippen molar-refractivity contribution in [2.24, 2.45) is 0 Å². The van der Waals surface area contributed by atoms with Gasteiger partial charge in [0.25, 0.3) is 5.56 Å². The van der Waals surface area contributed by atoms with Crippen molar-refractivity contribution in [1.82, 2.24) is 15.2 Å². The number of hydrogen-bond donors (Lipinski definition) is 3. The van der Waals surface area contributed by atoms with E-state index in [1.54, 1.807) is 25.3 Å². The zero-order valence-corrected chi connectivity index (χ0v) is 12.7. The van der Waals surface area contributed by atoms with E-state index < -0.39 is 11.2 Å². The summed E-state index contributed by atoms with van der Waals surface area (Å²) in [5, 5.41) is 8.45. The van der Waals surface area contributed by atoms with Crippen molar-refractivity contribution >= 4 is 23.4 Å². The molecule has 0 spiro atoms. The summed E-state index contributed by atoms with van der Waals surface area (Å²) >= 11 is 0.935. The molecule has 2 rings (SSSR count). The minimum atomic E-state index is -0.687. The van der Waals surface area contributed by atoms with Crippen molar-refractivity contribution in [3.05, 3.63) is 44.6 Å². The van der Waals surface area contributed by atoms with Crippen LogP contribution in [0.15, 0.2) is 32.8 Å². The van der Waals surface area contributed by atoms with Crippen LogP contribution in [0.1, 0.15) is 5.56 Å². The first-order valence-electron chi connectivity index (χ1n) is 6.26. The molecule has 1 heterocycles. The molecule has 8 nitrogen and oxygen atoms in total. The largest absolute Gasteiger partial charge is 0.497 e. The van der Waals surface area contributed by atoms with E-state index in [2.05, 4.69) is 15.5 Å². The molecule has 0 aliphatic heterocycles. The van der Waals surface area contributed by atoms with Gasteiger partial charge in [0, 0.05) is 5.69 Å². The quantitative estimate of drug-likeness (QED) is 0.690. The molecular weight excluding hydrogens is 308 g/mol. The van der Waals surface area contributed by atoms with Crippen molar-refractivity contribution in [2.75, 3.05) is 18.2 Å². The zero-order chi connectivity index (χ0) is 16.1. The number of benzene rings is 1. The summed E-state index contributed by atoms with van der Waals surface area (Å²) in [7, 11) is 1.57. The van der Waals surface area contributed by atoms with E-state index in [1.165, 1.54) is 0 Å². The second-order valence-corrected chi connectivity index (χ2v) is 5.29. The first kappa shape index (κ1) is 15.8. The Kier molecular flexibility index (Phi) is 4.99. The fraction of sp³-hybridized carbons (Fsp3) is 0.231. The molecule has 0 saturated carbocycles. The van der Waals surface area contributed by atoms with Gasteiger partial charge in [-0.25, -0.2) is 9.89 Å². The SMILES string of the molecule is COc1ccc(NC(=O)CSc2n[nH]c(=O)[nH]c2=O)c(C)c1. The van der Waals surface area contributed by atoms with Gasteiger partial charge in [0.15, 0.2) is 5.03 Å². The smallest absolute Gasteiger partial charge is 0.342 e. The molecule has 0 saturated heterocycles. The van der Waals surface area contributed by atoms with E-state index in [9.17, 15) is 14.4 Å². The molecule has 0 unspecified atom stereocenters. The lowest BCUT2D eigenvalue weighted by Gasteiger charge is -2.09. The van der Waals surface area contributed by atoms with Gasteiger partial charge in [-0.15, -0.1) is 0 Å². The van der Waals surface area contributed by atoms with E-state index in [0.717, 1.165) is 17.3 Å². The number of carbonyl (C=O) groups is 1. The number of rotatable bonds is 5. The highest BCUT2D eigenvalue weighted by molar-refractivity contribution is 7.99. The van der Waals surface area contributed by atoms with Crippen LogP contribution in [0.3, 0.4) is 0 Å². The Morgan fingerprint density at radius 2 is 2.18 bits per heavy atom. The number of methoxy groups -OCH3 is 1. The van der Waals surface area contributed by atoms with E-state index in [0.29, 0.717) is 11.4 Å². The molecule has 1 aromatic heterocycles. The van der Waals surface area contributed by atoms with Crippen LogP contribution in [0.5, 0.6) is 5.75 Å². The van der Waals surface area contributed by atoms with Crippen molar-refractivity contribution in [3.8, 4) is 5.75 Å². The van der Waals surface area contributed by atoms with Crippen LogP contribution in [0.4, 0.5) is 5.69 Å². The molecule has 0 aliphatic rings. The summed E-state index contributed by atoms with van der Waals surface area (Å²) in [5.41, 5.74) is 0.210. The standard InChI is InChI=1S/C13H14N4O4S/c1-7-5-8(21-2)3-4-9(7)14-10(18)6-22-12-11(19)15-13(20)17-16-12/h3-5H,6H2,1-2H3,(H,14,18)(H2,15,17,19,20). The highest BCUT2D eigenvalue weighted by Crippen LogP contribution is 2.21. The summed E-state index contributed by atoms with van der Waals surface area (Å²) in [6, 6.07) is 5.28. The van der Waals surface area contributed by atoms with Gasteiger partial charge >= 0.3 is 5.69 Å². The van der Waals surface area contributed by atoms with Gasteiger partial charge in [0.2, 0.25) is 5.91 Å². The maximum atomic E-state index is 11.9. The maximum absolute atomic E-state index is 11.9. The summed E-state index contributed by atoms with van der Waals surface area (Å²) in [5.74, 6) is 0.410. The van der Waals surface area contributed by atoms with Crippen molar-refractivity contribution in [3.63, 3.8) is 0 Å². The van der Waals surface area contributed by atoms with Gasteiger partial charge in [0.1, 0.15) is 5.75 Å². The minimum Gasteiger partial charge on any atom is -0.497 e. The van der Waals surface area contributed by atoms with Gasteiger partial charge in [-0.3, -0.25) is 14.6 Å². The topological polar surface area (TPSA) is 117 Å². The van der Waals surface area contributed by atoms with Gasteiger partial charge in [-0.2, -0.15) is 5.10 Å². The second kappa shape index (κ2) is 6.94. The van der Waals surface area contributed by atoms with E-state index in [4.69, 9.17) is 4.74 Å². The predicted molar refractivity (Wildman–Crippen MR) is 82.6 cm³/mol. The Morgan fingerprint density at radius 3 is 2.82 bits per heavy atom. The number of anilines is 1. The maximum Gasteiger partial charge on any atom is 0.342 e. The van der Waals surface area contributed by atoms with Crippen LogP contribution in [0, 0.1) is 6.92 Å². The zero-order valence-electron chi connectivity index (χ0n) is 11.9. The molecule has 0 fully saturated rings. The number of amides is 1. The third kappa shape index (κ3) is 3.98. The first-order valence-corrected chi connectivity index (χ1v) is 7.24. The number of aromatic amines is 2. The number of hydrogen-bond acceptors (Lipinski definition) is 6. The summed E-state index contributed by atoms with van der Waals surface area (Å²) in [6.45, 7) is 1.85. The fourth-order valence-electron chi connectivity index (χ4n) is 1.66. The van der Waals surface area contributed by atoms with Crippen LogP contribution in [-0.2, 0) is 4.79 Å². The molecule has 1 amide bonds. The number of ether oxygens (including phenoxy) is 1. The van der Waals surface area contributed by atoms with Crippen molar-refractivity contribution in [2.45, 2.75) is 11.9 Å².